The van der Waals surface area contributed by atoms with Crippen molar-refractivity contribution >= 4 is 11.6 Å². The van der Waals surface area contributed by atoms with Crippen LogP contribution in [0.25, 0.3) is 0 Å². The predicted molar refractivity (Wildman–Crippen MR) is 96.9 cm³/mol. The monoisotopic (exact) mass is 361 g/mol. The number of nitrogens with one attached hydrogen (secondary N) is 1. The van der Waals surface area contributed by atoms with Crippen molar-refractivity contribution < 1.29 is 18.3 Å². The molecule has 0 unspecified atom stereocenters. The SMILES string of the molecule is COc1ccc(OC)c(NC(N)=NCC2(c3ccc(F)cc3F)CC2)c1. The number of methoxy groups -OCH3 is 2. The minimum atomic E-state index is -0.586. The third kappa shape index (κ3) is 3.71. The van der Waals surface area contributed by atoms with E-state index in [1.165, 1.54) is 12.1 Å². The van der Waals surface area contributed by atoms with E-state index in [4.69, 9.17) is 15.2 Å². The van der Waals surface area contributed by atoms with Crippen LogP contribution in [0.3, 0.4) is 0 Å². The molecule has 1 saturated carbocycles. The first-order valence-corrected chi connectivity index (χ1v) is 8.22. The van der Waals surface area contributed by atoms with Gasteiger partial charge in [-0.05, 0) is 36.6 Å². The summed E-state index contributed by atoms with van der Waals surface area (Å²) in [5.74, 6) is 0.295. The van der Waals surface area contributed by atoms with E-state index in [1.54, 1.807) is 32.4 Å². The van der Waals surface area contributed by atoms with Crippen LogP contribution in [0.15, 0.2) is 41.4 Å². The number of hydrogen-bond donors (Lipinski definition) is 2. The first kappa shape index (κ1) is 18.0. The zero-order valence-electron chi connectivity index (χ0n) is 14.7. The minimum Gasteiger partial charge on any atom is -0.497 e. The van der Waals surface area contributed by atoms with Crippen molar-refractivity contribution in [3.63, 3.8) is 0 Å². The highest BCUT2D eigenvalue weighted by atomic mass is 19.1. The van der Waals surface area contributed by atoms with Gasteiger partial charge in [0.25, 0.3) is 0 Å². The van der Waals surface area contributed by atoms with Gasteiger partial charge in [-0.1, -0.05) is 6.07 Å². The second kappa shape index (κ2) is 7.19. The molecule has 0 heterocycles. The topological polar surface area (TPSA) is 68.9 Å². The van der Waals surface area contributed by atoms with Gasteiger partial charge in [0, 0.05) is 17.5 Å². The number of anilines is 1. The zero-order chi connectivity index (χ0) is 18.7. The van der Waals surface area contributed by atoms with Gasteiger partial charge >= 0.3 is 0 Å². The zero-order valence-corrected chi connectivity index (χ0v) is 14.7. The third-order valence-electron chi connectivity index (χ3n) is 4.58. The van der Waals surface area contributed by atoms with Crippen LogP contribution in [0.5, 0.6) is 11.5 Å². The summed E-state index contributed by atoms with van der Waals surface area (Å²) in [7, 11) is 3.12. The molecule has 2 aromatic rings. The van der Waals surface area contributed by atoms with Gasteiger partial charge < -0.3 is 20.5 Å². The predicted octanol–water partition coefficient (Wildman–Crippen LogP) is 3.44. The van der Waals surface area contributed by atoms with Crippen LogP contribution in [-0.2, 0) is 5.41 Å². The smallest absolute Gasteiger partial charge is 0.193 e. The molecule has 1 aliphatic carbocycles. The van der Waals surface area contributed by atoms with Crippen LogP contribution >= 0.6 is 0 Å². The van der Waals surface area contributed by atoms with Gasteiger partial charge in [-0.2, -0.15) is 0 Å². The largest absolute Gasteiger partial charge is 0.497 e. The van der Waals surface area contributed by atoms with Gasteiger partial charge in [0.15, 0.2) is 5.96 Å². The summed E-state index contributed by atoms with van der Waals surface area (Å²) in [5.41, 5.74) is 6.67. The highest BCUT2D eigenvalue weighted by Gasteiger charge is 2.46. The minimum absolute atomic E-state index is 0.186. The number of aliphatic imine (C=N–C) groups is 1. The lowest BCUT2D eigenvalue weighted by Gasteiger charge is -2.16. The van der Waals surface area contributed by atoms with Crippen LogP contribution in [-0.4, -0.2) is 26.7 Å². The van der Waals surface area contributed by atoms with Gasteiger partial charge in [-0.3, -0.25) is 4.99 Å². The number of benzene rings is 2. The lowest BCUT2D eigenvalue weighted by Crippen LogP contribution is -2.25. The molecular weight excluding hydrogens is 340 g/mol. The van der Waals surface area contributed by atoms with Crippen molar-refractivity contribution in [2.45, 2.75) is 18.3 Å². The Bertz CT molecular complexity index is 836. The van der Waals surface area contributed by atoms with E-state index in [2.05, 4.69) is 10.3 Å². The Morgan fingerprint density at radius 3 is 2.54 bits per heavy atom. The molecule has 0 atom stereocenters. The molecule has 138 valence electrons. The fourth-order valence-electron chi connectivity index (χ4n) is 2.91. The third-order valence-corrected chi connectivity index (χ3v) is 4.58. The molecule has 1 aliphatic rings. The van der Waals surface area contributed by atoms with E-state index in [9.17, 15) is 8.78 Å². The van der Waals surface area contributed by atoms with E-state index in [0.717, 1.165) is 18.9 Å². The van der Waals surface area contributed by atoms with Crippen molar-refractivity contribution in [3.8, 4) is 11.5 Å². The van der Waals surface area contributed by atoms with Crippen LogP contribution in [0.2, 0.25) is 0 Å². The Morgan fingerprint density at radius 1 is 1.15 bits per heavy atom. The Kier molecular flexibility index (Phi) is 4.97. The molecule has 0 aromatic heterocycles. The molecule has 2 aromatic carbocycles. The first-order valence-electron chi connectivity index (χ1n) is 8.22. The summed E-state index contributed by atoms with van der Waals surface area (Å²) >= 11 is 0. The van der Waals surface area contributed by atoms with Crippen molar-refractivity contribution in [3.05, 3.63) is 53.6 Å². The average molecular weight is 361 g/mol. The maximum atomic E-state index is 14.1. The molecule has 0 saturated heterocycles. The van der Waals surface area contributed by atoms with Gasteiger partial charge in [-0.25, -0.2) is 8.78 Å². The maximum Gasteiger partial charge on any atom is 0.193 e. The number of ether oxygens (including phenoxy) is 2. The molecule has 26 heavy (non-hydrogen) atoms. The van der Waals surface area contributed by atoms with E-state index in [-0.39, 0.29) is 5.96 Å². The summed E-state index contributed by atoms with van der Waals surface area (Å²) in [6.45, 7) is 0.320. The molecule has 0 radical (unpaired) electrons. The number of rotatable bonds is 6. The highest BCUT2D eigenvalue weighted by molar-refractivity contribution is 5.94. The molecule has 1 fully saturated rings. The standard InChI is InChI=1S/C19H21F2N3O2/c1-25-13-4-6-17(26-2)16(10-13)24-18(22)23-11-19(7-8-19)14-5-3-12(20)9-15(14)21/h3-6,9-10H,7-8,11H2,1-2H3,(H3,22,23,24). The fourth-order valence-corrected chi connectivity index (χ4v) is 2.91. The van der Waals surface area contributed by atoms with Crippen molar-refractivity contribution in [1.29, 1.82) is 0 Å². The van der Waals surface area contributed by atoms with Gasteiger partial charge in [0.2, 0.25) is 0 Å². The number of hydrogen-bond acceptors (Lipinski definition) is 3. The van der Waals surface area contributed by atoms with Crippen molar-refractivity contribution in [2.24, 2.45) is 10.7 Å². The van der Waals surface area contributed by atoms with Crippen molar-refractivity contribution in [1.82, 2.24) is 0 Å². The van der Waals surface area contributed by atoms with Crippen molar-refractivity contribution in [2.75, 3.05) is 26.1 Å². The maximum absolute atomic E-state index is 14.1. The number of nitrogens with two attached hydrogens (primary N) is 1. The van der Waals surface area contributed by atoms with Gasteiger partial charge in [0.05, 0.1) is 26.5 Å². The molecule has 0 aliphatic heterocycles. The lowest BCUT2D eigenvalue weighted by molar-refractivity contribution is 0.405. The second-order valence-electron chi connectivity index (χ2n) is 6.30. The molecular formula is C19H21F2N3O2. The summed E-state index contributed by atoms with van der Waals surface area (Å²) in [6, 6.07) is 8.93. The van der Waals surface area contributed by atoms with Crippen LogP contribution in [0.4, 0.5) is 14.5 Å². The van der Waals surface area contributed by atoms with Crippen LogP contribution in [0, 0.1) is 11.6 Å². The highest BCUT2D eigenvalue weighted by Crippen LogP contribution is 2.49. The molecule has 0 bridgehead atoms. The molecule has 3 rings (SSSR count). The normalized spacial score (nSPS) is 15.5. The average Bonchev–Trinajstić information content (AvgIpc) is 3.40. The molecule has 5 nitrogen and oxygen atoms in total. The second-order valence-corrected chi connectivity index (χ2v) is 6.30. The molecule has 7 heteroatoms. The number of nitrogens with zero attached hydrogens (tertiary/aromatic N) is 1. The lowest BCUT2D eigenvalue weighted by atomic mass is 9.95. The number of guanidine groups is 1. The van der Waals surface area contributed by atoms with E-state index >= 15 is 0 Å². The van der Waals surface area contributed by atoms with E-state index in [1.807, 2.05) is 0 Å². The van der Waals surface area contributed by atoms with Gasteiger partial charge in [-0.15, -0.1) is 0 Å². The van der Waals surface area contributed by atoms with Crippen LogP contribution in [0.1, 0.15) is 18.4 Å². The first-order chi connectivity index (χ1) is 12.5. The summed E-state index contributed by atoms with van der Waals surface area (Å²) < 4.78 is 37.7. The molecule has 3 N–H and O–H groups in total. The summed E-state index contributed by atoms with van der Waals surface area (Å²) in [5, 5.41) is 2.98. The van der Waals surface area contributed by atoms with E-state index in [0.29, 0.717) is 29.3 Å². The van der Waals surface area contributed by atoms with Crippen LogP contribution < -0.4 is 20.5 Å². The molecule has 0 amide bonds. The summed E-state index contributed by atoms with van der Waals surface area (Å²) in [4.78, 5) is 4.35. The molecule has 0 spiro atoms. The quantitative estimate of drug-likeness (QED) is 0.611. The Morgan fingerprint density at radius 2 is 1.92 bits per heavy atom. The Hall–Kier alpha value is -2.83. The summed E-state index contributed by atoms with van der Waals surface area (Å²) in [6.07, 6.45) is 1.57. The number of halogens is 2. The van der Waals surface area contributed by atoms with Gasteiger partial charge in [0.1, 0.15) is 23.1 Å². The van der Waals surface area contributed by atoms with E-state index < -0.39 is 17.0 Å². The fraction of sp³-hybridized carbons (Fsp3) is 0.316. The Labute approximate surface area is 150 Å². The Balaban J connectivity index is 1.75.